The van der Waals surface area contributed by atoms with E-state index in [1.165, 1.54) is 29.6 Å². The molecular weight excluding hydrogens is 479 g/mol. The fourth-order valence-corrected chi connectivity index (χ4v) is 5.91. The van der Waals surface area contributed by atoms with E-state index in [-0.39, 0.29) is 24.0 Å². The molecule has 182 valence electrons. The zero-order valence-corrected chi connectivity index (χ0v) is 19.3. The molecule has 0 unspecified atom stereocenters. The fourth-order valence-electron chi connectivity index (χ4n) is 4.58. The highest BCUT2D eigenvalue weighted by molar-refractivity contribution is 7.93. The molecule has 0 atom stereocenters. The van der Waals surface area contributed by atoms with E-state index in [4.69, 9.17) is 13.9 Å². The molecule has 2 fully saturated rings. The summed E-state index contributed by atoms with van der Waals surface area (Å²) in [7, 11) is -3.68. The predicted molar refractivity (Wildman–Crippen MR) is 120 cm³/mol. The highest BCUT2D eigenvalue weighted by atomic mass is 32.2. The minimum absolute atomic E-state index is 0.0633. The lowest BCUT2D eigenvalue weighted by Gasteiger charge is -2.52. The van der Waals surface area contributed by atoms with Crippen LogP contribution in [0.15, 0.2) is 47.3 Å². The average molecular weight is 501 g/mol. The van der Waals surface area contributed by atoms with Crippen LogP contribution in [-0.4, -0.2) is 34.6 Å². The highest BCUT2D eigenvalue weighted by Gasteiger charge is 2.52. The molecule has 1 amide bonds. The monoisotopic (exact) mass is 500 g/mol. The van der Waals surface area contributed by atoms with Crippen molar-refractivity contribution in [3.8, 4) is 17.6 Å². The van der Waals surface area contributed by atoms with Crippen molar-refractivity contribution in [3.63, 3.8) is 0 Å². The summed E-state index contributed by atoms with van der Waals surface area (Å²) in [5, 5.41) is -0.517. The van der Waals surface area contributed by atoms with Crippen molar-refractivity contribution in [1.82, 2.24) is 14.9 Å². The number of benzene rings is 1. The number of sulfonamides is 1. The van der Waals surface area contributed by atoms with Crippen LogP contribution in [0.3, 0.4) is 0 Å². The Labute approximate surface area is 200 Å². The molecule has 3 aromatic rings. The number of nitrogens with one attached hydrogen (secondary N) is 1. The summed E-state index contributed by atoms with van der Waals surface area (Å²) in [5.74, 6) is -0.409. The van der Waals surface area contributed by atoms with Gasteiger partial charge in [-0.05, 0) is 50.3 Å². The summed E-state index contributed by atoms with van der Waals surface area (Å²) in [5.41, 5.74) is 0.284. The minimum atomic E-state index is -3.68. The number of carbonyl (C=O) groups is 1. The number of ether oxygens (including phenoxy) is 2. The molecular formula is C23H21FN4O6S. The first-order valence-electron chi connectivity index (χ1n) is 11.2. The Balaban J connectivity index is 1.29. The first kappa shape index (κ1) is 21.8. The molecule has 1 aliphatic heterocycles. The molecule has 12 heteroatoms. The SMILES string of the molecule is O=C1Oc2cc(Oc3ncco3)ccc2C2(CCC2)N1Cc1ccnc(NS(=O)(=O)C2CC2)c1F. The Morgan fingerprint density at radius 3 is 2.71 bits per heavy atom. The summed E-state index contributed by atoms with van der Waals surface area (Å²) in [6.07, 6.45) is 6.95. The Kier molecular flexibility index (Phi) is 4.95. The number of pyridine rings is 1. The molecule has 1 aromatic carbocycles. The maximum absolute atomic E-state index is 15.3. The number of aromatic nitrogens is 2. The van der Waals surface area contributed by atoms with Gasteiger partial charge in [-0.3, -0.25) is 9.62 Å². The number of oxazole rings is 1. The van der Waals surface area contributed by atoms with Crippen LogP contribution in [-0.2, 0) is 22.1 Å². The summed E-state index contributed by atoms with van der Waals surface area (Å²) in [6.45, 7) is -0.0979. The fraction of sp³-hybridized carbons (Fsp3) is 0.348. The van der Waals surface area contributed by atoms with Crippen molar-refractivity contribution in [2.45, 2.75) is 49.4 Å². The molecule has 10 nitrogen and oxygen atoms in total. The van der Waals surface area contributed by atoms with Crippen LogP contribution in [0.4, 0.5) is 15.0 Å². The number of hydrogen-bond donors (Lipinski definition) is 1. The topological polar surface area (TPSA) is 124 Å². The van der Waals surface area contributed by atoms with Gasteiger partial charge >= 0.3 is 12.2 Å². The smallest absolute Gasteiger partial charge is 0.416 e. The molecule has 2 saturated carbocycles. The summed E-state index contributed by atoms with van der Waals surface area (Å²) in [6, 6.07) is 6.60. The van der Waals surface area contributed by atoms with Gasteiger partial charge in [0, 0.05) is 23.4 Å². The zero-order valence-electron chi connectivity index (χ0n) is 18.4. The van der Waals surface area contributed by atoms with Crippen LogP contribution >= 0.6 is 0 Å². The van der Waals surface area contributed by atoms with Crippen LogP contribution in [0.1, 0.15) is 43.2 Å². The van der Waals surface area contributed by atoms with Crippen molar-refractivity contribution < 1.29 is 31.5 Å². The van der Waals surface area contributed by atoms with E-state index in [2.05, 4.69) is 14.7 Å². The van der Waals surface area contributed by atoms with E-state index in [1.807, 2.05) is 6.07 Å². The highest BCUT2D eigenvalue weighted by Crippen LogP contribution is 2.53. The van der Waals surface area contributed by atoms with Crippen LogP contribution in [0, 0.1) is 5.82 Å². The van der Waals surface area contributed by atoms with Crippen molar-refractivity contribution in [2.24, 2.45) is 0 Å². The van der Waals surface area contributed by atoms with E-state index in [1.54, 1.807) is 12.1 Å². The Bertz CT molecular complexity index is 1400. The quantitative estimate of drug-likeness (QED) is 0.509. The third-order valence-electron chi connectivity index (χ3n) is 6.68. The Morgan fingerprint density at radius 1 is 1.20 bits per heavy atom. The number of anilines is 1. The Hall–Kier alpha value is -3.67. The summed E-state index contributed by atoms with van der Waals surface area (Å²) in [4.78, 5) is 22.4. The molecule has 6 rings (SSSR count). The molecule has 2 aliphatic carbocycles. The standard InChI is InChI=1S/C23H21FN4O6S/c24-19-14(6-9-25-20(19)27-35(30,31)16-3-4-16)13-28-22(29)34-18-12-15(33-21-26-10-11-32-21)2-5-17(18)23(28)7-1-8-23/h2,5-6,9-12,16H,1,3-4,7-8,13H2,(H,25,27). The number of amides is 1. The normalized spacial score (nSPS) is 18.5. The number of halogens is 1. The average Bonchev–Trinajstić information content (AvgIpc) is 3.55. The van der Waals surface area contributed by atoms with E-state index in [0.29, 0.717) is 37.2 Å². The van der Waals surface area contributed by atoms with Crippen LogP contribution in [0.2, 0.25) is 0 Å². The number of hydrogen-bond acceptors (Lipinski definition) is 8. The molecule has 0 saturated heterocycles. The number of nitrogens with zero attached hydrogens (tertiary/aromatic N) is 3. The number of fused-ring (bicyclic) bond motifs is 2. The second-order valence-electron chi connectivity index (χ2n) is 8.88. The maximum Gasteiger partial charge on any atom is 0.416 e. The van der Waals surface area contributed by atoms with Crippen molar-refractivity contribution in [3.05, 3.63) is 59.9 Å². The van der Waals surface area contributed by atoms with Gasteiger partial charge in [-0.15, -0.1) is 0 Å². The van der Waals surface area contributed by atoms with Gasteiger partial charge < -0.3 is 13.9 Å². The first-order chi connectivity index (χ1) is 16.9. The third-order valence-corrected chi connectivity index (χ3v) is 8.51. The van der Waals surface area contributed by atoms with Gasteiger partial charge in [0.05, 0.1) is 23.5 Å². The molecule has 1 N–H and O–H groups in total. The van der Waals surface area contributed by atoms with Crippen LogP contribution in [0.25, 0.3) is 0 Å². The van der Waals surface area contributed by atoms with Crippen molar-refractivity contribution >= 4 is 21.9 Å². The van der Waals surface area contributed by atoms with Gasteiger partial charge in [0.15, 0.2) is 11.6 Å². The van der Waals surface area contributed by atoms with E-state index >= 15 is 4.39 Å². The molecule has 1 spiro atoms. The molecule has 0 bridgehead atoms. The van der Waals surface area contributed by atoms with E-state index < -0.39 is 32.7 Å². The van der Waals surface area contributed by atoms with Gasteiger partial charge in [0.1, 0.15) is 17.8 Å². The summed E-state index contributed by atoms with van der Waals surface area (Å²) < 4.78 is 58.3. The second-order valence-corrected chi connectivity index (χ2v) is 10.8. The molecule has 35 heavy (non-hydrogen) atoms. The van der Waals surface area contributed by atoms with Crippen LogP contribution in [0.5, 0.6) is 17.6 Å². The number of carbonyl (C=O) groups excluding carboxylic acids is 1. The second kappa shape index (κ2) is 7.94. The zero-order chi connectivity index (χ0) is 24.2. The van der Waals surface area contributed by atoms with Gasteiger partial charge in [-0.25, -0.2) is 22.6 Å². The van der Waals surface area contributed by atoms with Crippen molar-refractivity contribution in [2.75, 3.05) is 4.72 Å². The summed E-state index contributed by atoms with van der Waals surface area (Å²) >= 11 is 0. The lowest BCUT2D eigenvalue weighted by Crippen LogP contribution is -2.57. The van der Waals surface area contributed by atoms with Crippen molar-refractivity contribution in [1.29, 1.82) is 0 Å². The van der Waals surface area contributed by atoms with Gasteiger partial charge in [0.2, 0.25) is 10.0 Å². The Morgan fingerprint density at radius 2 is 2.03 bits per heavy atom. The van der Waals surface area contributed by atoms with E-state index in [9.17, 15) is 13.2 Å². The van der Waals surface area contributed by atoms with E-state index in [0.717, 1.165) is 12.0 Å². The predicted octanol–water partition coefficient (Wildman–Crippen LogP) is 4.30. The molecule has 3 heterocycles. The third kappa shape index (κ3) is 3.77. The minimum Gasteiger partial charge on any atom is -0.417 e. The van der Waals surface area contributed by atoms with Gasteiger partial charge in [0.25, 0.3) is 0 Å². The lowest BCUT2D eigenvalue weighted by molar-refractivity contribution is 0.00111. The molecule has 2 aromatic heterocycles. The first-order valence-corrected chi connectivity index (χ1v) is 12.8. The largest absolute Gasteiger partial charge is 0.417 e. The van der Waals surface area contributed by atoms with Gasteiger partial charge in [-0.1, -0.05) is 0 Å². The van der Waals surface area contributed by atoms with Crippen LogP contribution < -0.4 is 14.2 Å². The van der Waals surface area contributed by atoms with Gasteiger partial charge in [-0.2, -0.15) is 4.98 Å². The maximum atomic E-state index is 15.3. The molecule has 0 radical (unpaired) electrons. The number of rotatable bonds is 7. The molecule has 3 aliphatic rings. The lowest BCUT2D eigenvalue weighted by atomic mass is 9.69.